The zero-order chi connectivity index (χ0) is 12.6. The molecule has 14 heavy (non-hydrogen) atoms. The summed E-state index contributed by atoms with van der Waals surface area (Å²) in [6.07, 6.45) is 0. The molecule has 0 fully saturated rings. The van der Waals surface area contributed by atoms with Gasteiger partial charge in [0.25, 0.3) is 5.09 Å². The third-order valence-corrected chi connectivity index (χ3v) is 0. The maximum atomic E-state index is 8.88. The average Bonchev–Trinajstić information content (AvgIpc) is 1.45. The van der Waals surface area contributed by atoms with Crippen LogP contribution in [0.4, 0.5) is 0 Å². The van der Waals surface area contributed by atoms with E-state index in [9.17, 15) is 0 Å². The molecule has 12 nitrogen and oxygen atoms in total. The molecule has 88 valence electrons. The number of hydrogen-bond acceptors (Lipinski definition) is 5. The van der Waals surface area contributed by atoms with Crippen LogP contribution in [-0.2, 0) is 15.0 Å². The van der Waals surface area contributed by atoms with Crippen LogP contribution < -0.4 is 0 Å². The Morgan fingerprint density at radius 3 is 1.14 bits per heavy atom. The highest BCUT2D eigenvalue weighted by Crippen LogP contribution is 2.25. The minimum absolute atomic E-state index is 1.50. The zero-order valence-corrected chi connectivity index (χ0v) is 7.74. The number of nitrogens with zero attached hydrogens (tertiary/aromatic N) is 1. The van der Waals surface area contributed by atoms with Crippen molar-refractivity contribution in [1.29, 1.82) is 0 Å². The van der Waals surface area contributed by atoms with Gasteiger partial charge in [0.2, 0.25) is 0 Å². The van der Waals surface area contributed by atoms with Crippen molar-refractivity contribution in [2.75, 3.05) is 0 Å². The first-order valence-corrected chi connectivity index (χ1v) is 5.01. The summed E-state index contributed by atoms with van der Waals surface area (Å²) in [6.45, 7) is 0. The van der Waals surface area contributed by atoms with Crippen molar-refractivity contribution in [3.8, 4) is 0 Å². The average molecular weight is 259 g/mol. The molecule has 0 unspecified atom stereocenters. The highest BCUT2D eigenvalue weighted by molar-refractivity contribution is 7.79. The Balaban J connectivity index is -0.000000131. The second-order valence-corrected chi connectivity index (χ2v) is 3.12. The van der Waals surface area contributed by atoms with Crippen LogP contribution in [0.5, 0.6) is 0 Å². The summed E-state index contributed by atoms with van der Waals surface area (Å²) in [6, 6.07) is 0. The molecule has 0 saturated carbocycles. The normalized spacial score (nSPS) is 10.1. The highest BCUT2D eigenvalue weighted by atomic mass is 32.3. The predicted octanol–water partition coefficient (Wildman–Crippen LogP) is -1.93. The van der Waals surface area contributed by atoms with Gasteiger partial charge in [-0.2, -0.15) is 8.42 Å². The molecular weight excluding hydrogens is 253 g/mol. The van der Waals surface area contributed by atoms with E-state index in [0.717, 1.165) is 0 Å². The molecule has 0 aromatic heterocycles. The summed E-state index contributed by atoms with van der Waals surface area (Å²) in [4.78, 5) is 29.9. The standard InChI is InChI=1S/HNO3.H3O4P.H2O4S/c2-1(3)4;2*1-5(2,3)4/h(H,2,3,4);(H3,1,2,3,4);(H2,1,2,3,4). The second kappa shape index (κ2) is 7.57. The summed E-state index contributed by atoms with van der Waals surface area (Å²) in [5.74, 6) is 0. The maximum absolute atomic E-state index is 8.88. The van der Waals surface area contributed by atoms with Crippen LogP contribution in [0.15, 0.2) is 0 Å². The Kier molecular flexibility index (Phi) is 10.2. The van der Waals surface area contributed by atoms with E-state index < -0.39 is 23.3 Å². The minimum atomic E-state index is -4.67. The fraction of sp³-hybridized carbons (Fsp3) is 0. The Morgan fingerprint density at radius 1 is 1.14 bits per heavy atom. The fourth-order valence-electron chi connectivity index (χ4n) is 0. The van der Waals surface area contributed by atoms with Crippen LogP contribution in [0.2, 0.25) is 0 Å². The van der Waals surface area contributed by atoms with Gasteiger partial charge in [-0.1, -0.05) is 0 Å². The van der Waals surface area contributed by atoms with Crippen LogP contribution in [0.3, 0.4) is 0 Å². The van der Waals surface area contributed by atoms with E-state index in [0.29, 0.717) is 0 Å². The van der Waals surface area contributed by atoms with Crippen molar-refractivity contribution in [2.45, 2.75) is 0 Å². The van der Waals surface area contributed by atoms with E-state index in [1.54, 1.807) is 0 Å². The van der Waals surface area contributed by atoms with E-state index in [1.165, 1.54) is 0 Å². The van der Waals surface area contributed by atoms with E-state index in [1.807, 2.05) is 0 Å². The largest absolute Gasteiger partial charge is 0.466 e. The molecular formula is H6NO11PS. The molecule has 0 aromatic rings. The van der Waals surface area contributed by atoms with Crippen LogP contribution in [0, 0.1) is 10.1 Å². The van der Waals surface area contributed by atoms with Crippen molar-refractivity contribution >= 4 is 18.2 Å². The molecule has 0 aromatic carbocycles. The molecule has 0 aliphatic carbocycles. The summed E-state index contributed by atoms with van der Waals surface area (Å²) in [7, 11) is -9.31. The van der Waals surface area contributed by atoms with Crippen LogP contribution in [0.1, 0.15) is 0 Å². The van der Waals surface area contributed by atoms with Gasteiger partial charge in [-0.15, -0.1) is 10.1 Å². The molecule has 0 heterocycles. The Hall–Kier alpha value is -0.820. The molecule has 14 heteroatoms. The van der Waals surface area contributed by atoms with Crippen LogP contribution in [0.25, 0.3) is 0 Å². The van der Waals surface area contributed by atoms with Crippen molar-refractivity contribution < 1.29 is 47.1 Å². The predicted molar refractivity (Wildman–Crippen MR) is 37.2 cm³/mol. The molecule has 0 spiro atoms. The van der Waals surface area contributed by atoms with Gasteiger partial charge in [0, 0.05) is 0 Å². The quantitative estimate of drug-likeness (QED) is 0.122. The maximum Gasteiger partial charge on any atom is 0.466 e. The molecule has 6 N–H and O–H groups in total. The van der Waals surface area contributed by atoms with Crippen molar-refractivity contribution in [3.05, 3.63) is 10.1 Å². The van der Waals surface area contributed by atoms with Gasteiger partial charge in [-0.25, -0.2) is 4.57 Å². The van der Waals surface area contributed by atoms with Crippen molar-refractivity contribution in [1.82, 2.24) is 0 Å². The van der Waals surface area contributed by atoms with Gasteiger partial charge in [0.05, 0.1) is 0 Å². The second-order valence-electron chi connectivity index (χ2n) is 1.20. The first-order chi connectivity index (χ1) is 5.73. The molecule has 0 saturated heterocycles. The van der Waals surface area contributed by atoms with Gasteiger partial charge in [0.15, 0.2) is 0 Å². The van der Waals surface area contributed by atoms with Crippen LogP contribution in [-0.4, -0.2) is 42.5 Å². The van der Waals surface area contributed by atoms with E-state index in [-0.39, 0.29) is 0 Å². The third-order valence-electron chi connectivity index (χ3n) is 0. The Bertz CT molecular complexity index is 260. The summed E-state index contributed by atoms with van der Waals surface area (Å²) >= 11 is 0. The SMILES string of the molecule is O=P(O)(O)O.O=S(=O)(O)O.O=[N+]([O-])O. The van der Waals surface area contributed by atoms with Gasteiger partial charge < -0.3 is 19.9 Å². The fourth-order valence-corrected chi connectivity index (χ4v) is 0. The Morgan fingerprint density at radius 2 is 1.14 bits per heavy atom. The number of rotatable bonds is 0. The molecule has 0 radical (unpaired) electrons. The molecule has 0 aliphatic heterocycles. The lowest BCUT2D eigenvalue weighted by Gasteiger charge is -1.82. The van der Waals surface area contributed by atoms with E-state index in [2.05, 4.69) is 0 Å². The Labute approximate surface area is 76.4 Å². The van der Waals surface area contributed by atoms with Crippen molar-refractivity contribution in [3.63, 3.8) is 0 Å². The molecule has 0 aliphatic rings. The lowest BCUT2D eigenvalue weighted by Crippen LogP contribution is -1.89. The zero-order valence-electron chi connectivity index (χ0n) is 6.03. The minimum Gasteiger partial charge on any atom is -0.328 e. The lowest BCUT2D eigenvalue weighted by molar-refractivity contribution is -0.742. The lowest BCUT2D eigenvalue weighted by atomic mass is 13.1. The number of phosphoric acid groups is 1. The van der Waals surface area contributed by atoms with Gasteiger partial charge in [-0.05, 0) is 0 Å². The molecule has 0 rings (SSSR count). The topological polar surface area (TPSA) is 216 Å². The molecule has 0 bridgehead atoms. The number of hydrogen-bond donors (Lipinski definition) is 6. The van der Waals surface area contributed by atoms with E-state index in [4.69, 9.17) is 52.1 Å². The molecule has 0 atom stereocenters. The van der Waals surface area contributed by atoms with Gasteiger partial charge in [-0.3, -0.25) is 9.11 Å². The highest BCUT2D eigenvalue weighted by Gasteiger charge is 2.00. The molecule has 0 amide bonds. The summed E-state index contributed by atoms with van der Waals surface area (Å²) < 4.78 is 40.5. The first-order valence-electron chi connectivity index (χ1n) is 2.05. The van der Waals surface area contributed by atoms with Gasteiger partial charge in [0.1, 0.15) is 0 Å². The summed E-state index contributed by atoms with van der Waals surface area (Å²) in [5, 5.41) is 13.6. The smallest absolute Gasteiger partial charge is 0.328 e. The van der Waals surface area contributed by atoms with Gasteiger partial charge >= 0.3 is 18.2 Å². The monoisotopic (exact) mass is 259 g/mol. The first kappa shape index (κ1) is 18.9. The van der Waals surface area contributed by atoms with Crippen molar-refractivity contribution in [2.24, 2.45) is 0 Å². The van der Waals surface area contributed by atoms with E-state index >= 15 is 0 Å². The third kappa shape index (κ3) is 1720. The van der Waals surface area contributed by atoms with Crippen LogP contribution >= 0.6 is 7.82 Å². The summed E-state index contributed by atoms with van der Waals surface area (Å²) in [5.41, 5.74) is 0.